The highest BCUT2D eigenvalue weighted by atomic mass is 79.9. The van der Waals surface area contributed by atoms with E-state index in [-0.39, 0.29) is 18.0 Å². The third-order valence-electron chi connectivity index (χ3n) is 3.29. The maximum absolute atomic E-state index is 12.4. The molecule has 0 aliphatic rings. The Morgan fingerprint density at radius 1 is 1.38 bits per heavy atom. The van der Waals surface area contributed by atoms with Crippen LogP contribution in [0.25, 0.3) is 0 Å². The van der Waals surface area contributed by atoms with Crippen molar-refractivity contribution in [1.29, 1.82) is 0 Å². The molecule has 0 aliphatic heterocycles. The first-order chi connectivity index (χ1) is 9.86. The van der Waals surface area contributed by atoms with Gasteiger partial charge in [-0.1, -0.05) is 0 Å². The summed E-state index contributed by atoms with van der Waals surface area (Å²) >= 11 is 5.23. The Kier molecular flexibility index (Phi) is 5.27. The topological polar surface area (TPSA) is 34.0 Å². The first kappa shape index (κ1) is 16.3. The fourth-order valence-electron chi connectivity index (χ4n) is 2.30. The van der Waals surface area contributed by atoms with E-state index >= 15 is 0 Å². The summed E-state index contributed by atoms with van der Waals surface area (Å²) in [6, 6.07) is 6.50. The zero-order valence-corrected chi connectivity index (χ0v) is 15.2. The predicted octanol–water partition coefficient (Wildman–Crippen LogP) is 4.56. The molecule has 0 radical (unpaired) electrons. The van der Waals surface area contributed by atoms with Crippen molar-refractivity contribution in [2.45, 2.75) is 46.2 Å². The van der Waals surface area contributed by atoms with Gasteiger partial charge in [-0.3, -0.25) is 4.79 Å². The number of aryl methyl sites for hydroxylation is 1. The summed E-state index contributed by atoms with van der Waals surface area (Å²) in [5.74, 6) is -0.0184. The molecule has 2 aromatic rings. The Balaban J connectivity index is 2.04. The minimum absolute atomic E-state index is 0.0184. The SMILES string of the molecule is Cc1ccc(CC(C)NC(=O)c2cc(Br)cn2C(C)C)s1. The smallest absolute Gasteiger partial charge is 0.268 e. The Labute approximate surface area is 138 Å². The number of nitrogens with one attached hydrogen (secondary N) is 1. The van der Waals surface area contributed by atoms with Crippen LogP contribution in [0, 0.1) is 6.92 Å². The van der Waals surface area contributed by atoms with Crippen LogP contribution in [-0.4, -0.2) is 16.5 Å². The fourth-order valence-corrected chi connectivity index (χ4v) is 3.76. The second kappa shape index (κ2) is 6.79. The van der Waals surface area contributed by atoms with Crippen molar-refractivity contribution in [2.75, 3.05) is 0 Å². The van der Waals surface area contributed by atoms with Crippen molar-refractivity contribution in [1.82, 2.24) is 9.88 Å². The average Bonchev–Trinajstić information content (AvgIpc) is 2.95. The van der Waals surface area contributed by atoms with Gasteiger partial charge in [-0.05, 0) is 61.8 Å². The van der Waals surface area contributed by atoms with Gasteiger partial charge in [-0.2, -0.15) is 0 Å². The van der Waals surface area contributed by atoms with Gasteiger partial charge < -0.3 is 9.88 Å². The zero-order valence-electron chi connectivity index (χ0n) is 12.8. The van der Waals surface area contributed by atoms with E-state index in [0.29, 0.717) is 5.69 Å². The first-order valence-electron chi connectivity index (χ1n) is 7.10. The number of aromatic nitrogens is 1. The molecule has 21 heavy (non-hydrogen) atoms. The molecule has 0 bridgehead atoms. The van der Waals surface area contributed by atoms with Gasteiger partial charge in [0.15, 0.2) is 0 Å². The minimum atomic E-state index is -0.0184. The molecule has 2 aromatic heterocycles. The lowest BCUT2D eigenvalue weighted by atomic mass is 10.2. The summed E-state index contributed by atoms with van der Waals surface area (Å²) < 4.78 is 2.92. The van der Waals surface area contributed by atoms with Crippen molar-refractivity contribution in [3.8, 4) is 0 Å². The monoisotopic (exact) mass is 368 g/mol. The van der Waals surface area contributed by atoms with E-state index in [0.717, 1.165) is 10.9 Å². The second-order valence-electron chi connectivity index (χ2n) is 5.64. The highest BCUT2D eigenvalue weighted by Crippen LogP contribution is 2.20. The van der Waals surface area contributed by atoms with Crippen LogP contribution in [0.5, 0.6) is 0 Å². The van der Waals surface area contributed by atoms with E-state index in [1.54, 1.807) is 11.3 Å². The summed E-state index contributed by atoms with van der Waals surface area (Å²) in [5, 5.41) is 3.09. The van der Waals surface area contributed by atoms with E-state index in [1.165, 1.54) is 9.75 Å². The van der Waals surface area contributed by atoms with E-state index in [1.807, 2.05) is 23.8 Å². The van der Waals surface area contributed by atoms with Crippen LogP contribution in [0.4, 0.5) is 0 Å². The number of carbonyl (C=O) groups is 1. The van der Waals surface area contributed by atoms with Crippen LogP contribution in [0.2, 0.25) is 0 Å². The van der Waals surface area contributed by atoms with Gasteiger partial charge in [0.05, 0.1) is 0 Å². The van der Waals surface area contributed by atoms with E-state index in [9.17, 15) is 4.79 Å². The van der Waals surface area contributed by atoms with Gasteiger partial charge in [0.1, 0.15) is 5.69 Å². The lowest BCUT2D eigenvalue weighted by molar-refractivity contribution is 0.0929. The molecule has 2 heterocycles. The number of thiophene rings is 1. The van der Waals surface area contributed by atoms with Crippen LogP contribution in [0.1, 0.15) is 47.1 Å². The molecule has 0 saturated heterocycles. The van der Waals surface area contributed by atoms with Gasteiger partial charge in [0.2, 0.25) is 0 Å². The normalized spacial score (nSPS) is 12.7. The number of amides is 1. The lowest BCUT2D eigenvalue weighted by Crippen LogP contribution is -2.35. The maximum atomic E-state index is 12.4. The second-order valence-corrected chi connectivity index (χ2v) is 7.92. The third kappa shape index (κ3) is 4.20. The number of hydrogen-bond acceptors (Lipinski definition) is 2. The van der Waals surface area contributed by atoms with E-state index in [4.69, 9.17) is 0 Å². The molecule has 2 rings (SSSR count). The van der Waals surface area contributed by atoms with Crippen LogP contribution in [0.15, 0.2) is 28.9 Å². The Morgan fingerprint density at radius 2 is 2.10 bits per heavy atom. The summed E-state index contributed by atoms with van der Waals surface area (Å²) in [7, 11) is 0. The van der Waals surface area contributed by atoms with Crippen LogP contribution in [0.3, 0.4) is 0 Å². The third-order valence-corrected chi connectivity index (χ3v) is 4.74. The Bertz CT molecular complexity index is 630. The van der Waals surface area contributed by atoms with Crippen molar-refractivity contribution in [3.05, 3.63) is 44.3 Å². The van der Waals surface area contributed by atoms with Crippen molar-refractivity contribution in [3.63, 3.8) is 0 Å². The van der Waals surface area contributed by atoms with Crippen LogP contribution in [-0.2, 0) is 6.42 Å². The molecule has 114 valence electrons. The van der Waals surface area contributed by atoms with E-state index in [2.05, 4.69) is 54.2 Å². The summed E-state index contributed by atoms with van der Waals surface area (Å²) in [6.07, 6.45) is 2.82. The van der Waals surface area contributed by atoms with Crippen molar-refractivity contribution < 1.29 is 4.79 Å². The molecule has 1 amide bonds. The van der Waals surface area contributed by atoms with Gasteiger partial charge in [-0.25, -0.2) is 0 Å². The van der Waals surface area contributed by atoms with Crippen LogP contribution < -0.4 is 5.32 Å². The molecule has 5 heteroatoms. The average molecular weight is 369 g/mol. The summed E-state index contributed by atoms with van der Waals surface area (Å²) in [5.41, 5.74) is 0.700. The molecule has 1 N–H and O–H groups in total. The van der Waals surface area contributed by atoms with E-state index < -0.39 is 0 Å². The molecule has 0 saturated carbocycles. The largest absolute Gasteiger partial charge is 0.348 e. The number of halogens is 1. The number of hydrogen-bond donors (Lipinski definition) is 1. The molecule has 0 spiro atoms. The quantitative estimate of drug-likeness (QED) is 0.824. The van der Waals surface area contributed by atoms with Crippen molar-refractivity contribution in [2.24, 2.45) is 0 Å². The molecule has 3 nitrogen and oxygen atoms in total. The van der Waals surface area contributed by atoms with Crippen molar-refractivity contribution >= 4 is 33.2 Å². The molecule has 0 aromatic carbocycles. The summed E-state index contributed by atoms with van der Waals surface area (Å²) in [4.78, 5) is 15.1. The Hall–Kier alpha value is -1.07. The zero-order chi connectivity index (χ0) is 15.6. The number of carbonyl (C=O) groups excluding carboxylic acids is 1. The molecular formula is C16H21BrN2OS. The van der Waals surface area contributed by atoms with Gasteiger partial charge in [0, 0.05) is 38.9 Å². The highest BCUT2D eigenvalue weighted by Gasteiger charge is 2.17. The molecular weight excluding hydrogens is 348 g/mol. The minimum Gasteiger partial charge on any atom is -0.348 e. The van der Waals surface area contributed by atoms with Gasteiger partial charge in [-0.15, -0.1) is 11.3 Å². The predicted molar refractivity (Wildman–Crippen MR) is 92.2 cm³/mol. The standard InChI is InChI=1S/C16H21BrN2OS/c1-10(2)19-9-13(17)8-15(19)16(20)18-11(3)7-14-6-5-12(4)21-14/h5-6,8-11H,7H2,1-4H3,(H,18,20). The Morgan fingerprint density at radius 3 is 2.67 bits per heavy atom. The lowest BCUT2D eigenvalue weighted by Gasteiger charge is -2.16. The fraction of sp³-hybridized carbons (Fsp3) is 0.438. The van der Waals surface area contributed by atoms with Crippen LogP contribution >= 0.6 is 27.3 Å². The maximum Gasteiger partial charge on any atom is 0.268 e. The first-order valence-corrected chi connectivity index (χ1v) is 8.71. The van der Waals surface area contributed by atoms with Gasteiger partial charge in [0.25, 0.3) is 5.91 Å². The summed E-state index contributed by atoms with van der Waals surface area (Å²) in [6.45, 7) is 8.29. The number of nitrogens with zero attached hydrogens (tertiary/aromatic N) is 1. The molecule has 0 aliphatic carbocycles. The molecule has 1 atom stereocenters. The number of rotatable bonds is 5. The molecule has 1 unspecified atom stereocenters. The molecule has 0 fully saturated rings. The van der Waals surface area contributed by atoms with Gasteiger partial charge >= 0.3 is 0 Å². The highest BCUT2D eigenvalue weighted by molar-refractivity contribution is 9.10.